The van der Waals surface area contributed by atoms with Gasteiger partial charge in [-0.1, -0.05) is 62.3 Å². The number of pyridine rings is 1. The van der Waals surface area contributed by atoms with Crippen LogP contribution in [-0.2, 0) is 16.2 Å². The minimum atomic E-state index is 0.000949. The molecule has 0 aliphatic carbocycles. The third-order valence-corrected chi connectivity index (χ3v) is 3.39. The molecule has 0 saturated heterocycles. The van der Waals surface area contributed by atoms with Gasteiger partial charge in [0.2, 0.25) is 0 Å². The van der Waals surface area contributed by atoms with Gasteiger partial charge in [0.05, 0.1) is 5.69 Å². The van der Waals surface area contributed by atoms with Crippen molar-refractivity contribution in [2.24, 2.45) is 0 Å². The van der Waals surface area contributed by atoms with Gasteiger partial charge >= 0.3 is 0 Å². The van der Waals surface area contributed by atoms with Gasteiger partial charge < -0.3 is 5.73 Å². The number of nitrogens with two attached hydrogens (primary N) is 1. The summed E-state index contributed by atoms with van der Waals surface area (Å²) in [5.41, 5.74) is 10.9. The van der Waals surface area contributed by atoms with Gasteiger partial charge in [-0.15, -0.1) is 0 Å². The molecule has 1 aromatic rings. The maximum atomic E-state index is 6.51. The average Bonchev–Trinajstić information content (AvgIpc) is 2.11. The molecule has 19 heavy (non-hydrogen) atoms. The van der Waals surface area contributed by atoms with E-state index < -0.39 is 0 Å². The molecule has 0 radical (unpaired) electrons. The van der Waals surface area contributed by atoms with Crippen LogP contribution >= 0.6 is 0 Å². The third-order valence-electron chi connectivity index (χ3n) is 3.39. The van der Waals surface area contributed by atoms with E-state index in [-0.39, 0.29) is 16.2 Å². The Hall–Kier alpha value is -1.05. The first-order valence-corrected chi connectivity index (χ1v) is 7.06. The smallest absolute Gasteiger partial charge is 0.0515 e. The number of hydrogen-bond acceptors (Lipinski definition) is 2. The Bertz CT molecular complexity index is 466. The van der Waals surface area contributed by atoms with Crippen molar-refractivity contribution in [1.82, 2.24) is 4.98 Å². The second-order valence-corrected chi connectivity index (χ2v) is 8.56. The molecule has 0 bridgehead atoms. The van der Waals surface area contributed by atoms with Gasteiger partial charge in [0.15, 0.2) is 0 Å². The van der Waals surface area contributed by atoms with Crippen LogP contribution in [0.25, 0.3) is 0 Å². The van der Waals surface area contributed by atoms with Crippen LogP contribution in [0.1, 0.15) is 79.1 Å². The Kier molecular flexibility index (Phi) is 3.79. The van der Waals surface area contributed by atoms with Crippen molar-refractivity contribution in [2.75, 3.05) is 5.73 Å². The van der Waals surface area contributed by atoms with Gasteiger partial charge in [0.1, 0.15) is 0 Å². The fraction of sp³-hybridized carbons (Fsp3) is 0.706. The zero-order valence-corrected chi connectivity index (χ0v) is 14.1. The highest BCUT2D eigenvalue weighted by Crippen LogP contribution is 2.40. The van der Waals surface area contributed by atoms with Gasteiger partial charge in [-0.2, -0.15) is 0 Å². The summed E-state index contributed by atoms with van der Waals surface area (Å²) in [5, 5.41) is 0. The highest BCUT2D eigenvalue weighted by Gasteiger charge is 2.31. The van der Waals surface area contributed by atoms with Gasteiger partial charge in [0.25, 0.3) is 0 Å². The maximum Gasteiger partial charge on any atom is 0.0515 e. The summed E-state index contributed by atoms with van der Waals surface area (Å²) in [6.07, 6.45) is 1.96. The Morgan fingerprint density at radius 2 is 1.26 bits per heavy atom. The summed E-state index contributed by atoms with van der Waals surface area (Å²) in [7, 11) is 0. The van der Waals surface area contributed by atoms with Crippen LogP contribution in [0.4, 0.5) is 5.69 Å². The Morgan fingerprint density at radius 1 is 0.789 bits per heavy atom. The van der Waals surface area contributed by atoms with Gasteiger partial charge in [-0.3, -0.25) is 4.98 Å². The van der Waals surface area contributed by atoms with Crippen LogP contribution in [0.2, 0.25) is 0 Å². The fourth-order valence-electron chi connectivity index (χ4n) is 2.45. The quantitative estimate of drug-likeness (QED) is 0.744. The molecule has 0 aliphatic rings. The molecule has 0 amide bonds. The molecule has 2 nitrogen and oxygen atoms in total. The van der Waals surface area contributed by atoms with Crippen molar-refractivity contribution < 1.29 is 0 Å². The topological polar surface area (TPSA) is 38.9 Å². The molecule has 0 spiro atoms. The molecule has 1 aromatic heterocycles. The van der Waals surface area contributed by atoms with E-state index in [2.05, 4.69) is 62.3 Å². The summed E-state index contributed by atoms with van der Waals surface area (Å²) in [5.74, 6) is 0. The molecule has 0 atom stereocenters. The van der Waals surface area contributed by atoms with E-state index in [1.807, 2.05) is 6.20 Å². The van der Waals surface area contributed by atoms with Crippen LogP contribution in [0.15, 0.2) is 6.20 Å². The molecule has 1 heterocycles. The maximum absolute atomic E-state index is 6.51. The lowest BCUT2D eigenvalue weighted by Gasteiger charge is -2.33. The molecule has 1 rings (SSSR count). The van der Waals surface area contributed by atoms with Crippen LogP contribution in [-0.4, -0.2) is 4.98 Å². The highest BCUT2D eigenvalue weighted by molar-refractivity contribution is 5.60. The second-order valence-electron chi connectivity index (χ2n) is 8.56. The largest absolute Gasteiger partial charge is 0.398 e. The van der Waals surface area contributed by atoms with Crippen LogP contribution < -0.4 is 5.73 Å². The highest BCUT2D eigenvalue weighted by atomic mass is 14.8. The minimum absolute atomic E-state index is 0.000949. The molecule has 0 fully saturated rings. The predicted molar refractivity (Wildman–Crippen MR) is 84.7 cm³/mol. The summed E-state index contributed by atoms with van der Waals surface area (Å²) < 4.78 is 0. The zero-order chi connectivity index (χ0) is 15.2. The van der Waals surface area contributed by atoms with Crippen molar-refractivity contribution in [2.45, 2.75) is 78.6 Å². The predicted octanol–water partition coefficient (Wildman–Crippen LogP) is 4.56. The first-order chi connectivity index (χ1) is 8.26. The first-order valence-electron chi connectivity index (χ1n) is 7.06. The number of nitrogens with zero attached hydrogens (tertiary/aromatic N) is 1. The minimum Gasteiger partial charge on any atom is -0.398 e. The van der Waals surface area contributed by atoms with Crippen molar-refractivity contribution in [3.8, 4) is 0 Å². The van der Waals surface area contributed by atoms with Gasteiger partial charge in [0, 0.05) is 22.9 Å². The third kappa shape index (κ3) is 3.29. The van der Waals surface area contributed by atoms with Crippen LogP contribution in [0.3, 0.4) is 0 Å². The molecular formula is C17H30N2. The molecule has 0 aliphatic heterocycles. The van der Waals surface area contributed by atoms with Gasteiger partial charge in [-0.05, 0) is 16.4 Å². The molecule has 0 aromatic carbocycles. The SMILES string of the molecule is CC(C)(C)c1cnc(C(C)(C)C)c(C(C)(C)C)c1N. The molecule has 2 heteroatoms. The number of rotatable bonds is 0. The average molecular weight is 262 g/mol. The summed E-state index contributed by atoms with van der Waals surface area (Å²) >= 11 is 0. The fourth-order valence-corrected chi connectivity index (χ4v) is 2.45. The lowest BCUT2D eigenvalue weighted by molar-refractivity contribution is 0.508. The molecule has 2 N–H and O–H groups in total. The number of hydrogen-bond donors (Lipinski definition) is 1. The summed E-state index contributed by atoms with van der Waals surface area (Å²) in [4.78, 5) is 4.76. The van der Waals surface area contributed by atoms with Crippen molar-refractivity contribution >= 4 is 5.69 Å². The Morgan fingerprint density at radius 3 is 1.58 bits per heavy atom. The van der Waals surface area contributed by atoms with Gasteiger partial charge in [-0.25, -0.2) is 0 Å². The van der Waals surface area contributed by atoms with Crippen LogP contribution in [0.5, 0.6) is 0 Å². The zero-order valence-electron chi connectivity index (χ0n) is 14.1. The van der Waals surface area contributed by atoms with E-state index in [1.54, 1.807) is 0 Å². The first kappa shape index (κ1) is 16.0. The second kappa shape index (κ2) is 4.50. The molecule has 0 saturated carbocycles. The number of nitrogen functional groups attached to an aromatic ring is 1. The Balaban J connectivity index is 3.71. The standard InChI is InChI=1S/C17H30N2/c1-15(2,3)11-10-19-14(17(7,8)9)12(13(11)18)16(4,5)6/h10H,1-9H3,(H2,18,19). The van der Waals surface area contributed by atoms with E-state index in [4.69, 9.17) is 10.7 Å². The summed E-state index contributed by atoms with van der Waals surface area (Å²) in [6.45, 7) is 19.8. The van der Waals surface area contributed by atoms with E-state index in [0.29, 0.717) is 0 Å². The monoisotopic (exact) mass is 262 g/mol. The number of anilines is 1. The molecular weight excluding hydrogens is 232 g/mol. The lowest BCUT2D eigenvalue weighted by Crippen LogP contribution is -2.28. The van der Waals surface area contributed by atoms with Crippen molar-refractivity contribution in [1.29, 1.82) is 0 Å². The Labute approximate surface area is 118 Å². The van der Waals surface area contributed by atoms with Crippen molar-refractivity contribution in [3.05, 3.63) is 23.0 Å². The van der Waals surface area contributed by atoms with Crippen LogP contribution in [0, 0.1) is 0 Å². The van der Waals surface area contributed by atoms with E-state index in [1.165, 1.54) is 5.56 Å². The molecule has 108 valence electrons. The van der Waals surface area contributed by atoms with Crippen molar-refractivity contribution in [3.63, 3.8) is 0 Å². The molecule has 0 unspecified atom stereocenters. The normalized spacial score (nSPS) is 13.7. The van der Waals surface area contributed by atoms with E-state index >= 15 is 0 Å². The van der Waals surface area contributed by atoms with E-state index in [9.17, 15) is 0 Å². The number of aromatic nitrogens is 1. The van der Waals surface area contributed by atoms with E-state index in [0.717, 1.165) is 16.9 Å². The summed E-state index contributed by atoms with van der Waals surface area (Å²) in [6, 6.07) is 0. The lowest BCUT2D eigenvalue weighted by atomic mass is 9.74.